The molecule has 1 atom stereocenters. The van der Waals surface area contributed by atoms with Gasteiger partial charge >= 0.3 is 0 Å². The summed E-state index contributed by atoms with van der Waals surface area (Å²) in [4.78, 5) is 12.7. The fourth-order valence-corrected chi connectivity index (χ4v) is 4.85. The van der Waals surface area contributed by atoms with Crippen LogP contribution in [0.5, 0.6) is 0 Å². The molecule has 2 aromatic rings. The molecule has 1 aliphatic rings. The Labute approximate surface area is 180 Å². The summed E-state index contributed by atoms with van der Waals surface area (Å²) in [7, 11) is -3.68. The van der Waals surface area contributed by atoms with Crippen LogP contribution in [0.2, 0.25) is 5.02 Å². The number of piperidine rings is 1. The molecule has 3 rings (SSSR count). The van der Waals surface area contributed by atoms with E-state index in [0.717, 1.165) is 5.69 Å². The molecule has 0 aliphatic carbocycles. The highest BCUT2D eigenvalue weighted by Gasteiger charge is 2.33. The Balaban J connectivity index is 1.56. The quantitative estimate of drug-likeness (QED) is 0.488. The SMILES string of the molecule is O=C(NNC(=S)Nc1ccccc1)[C@H]1CCCN(S(=O)(=O)c2ccc(Cl)cc2)C1. The molecule has 1 heterocycles. The van der Waals surface area contributed by atoms with Crippen LogP contribution in [0.25, 0.3) is 0 Å². The Hall–Kier alpha value is -2.20. The van der Waals surface area contributed by atoms with Crippen LogP contribution in [0.4, 0.5) is 5.69 Å². The number of nitrogens with one attached hydrogen (secondary N) is 3. The molecule has 0 spiro atoms. The van der Waals surface area contributed by atoms with Gasteiger partial charge in [-0.1, -0.05) is 29.8 Å². The third kappa shape index (κ3) is 5.66. The van der Waals surface area contributed by atoms with E-state index >= 15 is 0 Å². The summed E-state index contributed by atoms with van der Waals surface area (Å²) >= 11 is 11.0. The number of sulfonamides is 1. The highest BCUT2D eigenvalue weighted by Crippen LogP contribution is 2.24. The van der Waals surface area contributed by atoms with Crippen molar-refractivity contribution in [2.45, 2.75) is 17.7 Å². The third-order valence-corrected chi connectivity index (χ3v) is 6.87. The van der Waals surface area contributed by atoms with Gasteiger partial charge in [-0.3, -0.25) is 15.6 Å². The van der Waals surface area contributed by atoms with Crippen molar-refractivity contribution in [3.63, 3.8) is 0 Å². The minimum Gasteiger partial charge on any atom is -0.331 e. The number of amides is 1. The molecule has 2 aromatic carbocycles. The Morgan fingerprint density at radius 2 is 1.76 bits per heavy atom. The average molecular weight is 453 g/mol. The van der Waals surface area contributed by atoms with Gasteiger partial charge in [-0.25, -0.2) is 8.42 Å². The van der Waals surface area contributed by atoms with Crippen LogP contribution in [0.3, 0.4) is 0 Å². The summed E-state index contributed by atoms with van der Waals surface area (Å²) in [5, 5.41) is 3.65. The topological polar surface area (TPSA) is 90.5 Å². The van der Waals surface area contributed by atoms with E-state index in [2.05, 4.69) is 16.2 Å². The van der Waals surface area contributed by atoms with Gasteiger partial charge < -0.3 is 5.32 Å². The van der Waals surface area contributed by atoms with Gasteiger partial charge in [0.1, 0.15) is 0 Å². The van der Waals surface area contributed by atoms with Gasteiger partial charge in [-0.05, 0) is 61.5 Å². The maximum atomic E-state index is 12.8. The second-order valence-electron chi connectivity index (χ2n) is 6.59. The van der Waals surface area contributed by atoms with Crippen LogP contribution in [-0.2, 0) is 14.8 Å². The Bertz CT molecular complexity index is 969. The number of hydrazine groups is 1. The van der Waals surface area contributed by atoms with Gasteiger partial charge in [0.15, 0.2) is 5.11 Å². The highest BCUT2D eigenvalue weighted by molar-refractivity contribution is 7.89. The number of nitrogens with zero attached hydrogens (tertiary/aromatic N) is 1. The first-order chi connectivity index (χ1) is 13.9. The molecule has 1 saturated heterocycles. The van der Waals surface area contributed by atoms with Crippen LogP contribution in [0, 0.1) is 5.92 Å². The van der Waals surface area contributed by atoms with Crippen LogP contribution in [0.1, 0.15) is 12.8 Å². The first-order valence-electron chi connectivity index (χ1n) is 9.04. The van der Waals surface area contributed by atoms with Crippen molar-refractivity contribution >= 4 is 50.5 Å². The molecule has 7 nitrogen and oxygen atoms in total. The molecule has 0 radical (unpaired) electrons. The van der Waals surface area contributed by atoms with Crippen LogP contribution in [-0.4, -0.2) is 36.8 Å². The largest absolute Gasteiger partial charge is 0.331 e. The van der Waals surface area contributed by atoms with Gasteiger partial charge in [0.25, 0.3) is 0 Å². The van der Waals surface area contributed by atoms with Crippen LogP contribution in [0.15, 0.2) is 59.5 Å². The minimum atomic E-state index is -3.68. The minimum absolute atomic E-state index is 0.108. The molecule has 1 fully saturated rings. The van der Waals surface area contributed by atoms with Gasteiger partial charge in [0, 0.05) is 23.8 Å². The molecule has 29 heavy (non-hydrogen) atoms. The van der Waals surface area contributed by atoms with Gasteiger partial charge in [0.05, 0.1) is 10.8 Å². The van der Waals surface area contributed by atoms with Crippen molar-refractivity contribution in [1.29, 1.82) is 0 Å². The number of rotatable bonds is 4. The molecule has 154 valence electrons. The van der Waals surface area contributed by atoms with Crippen LogP contribution < -0.4 is 16.2 Å². The molecule has 0 bridgehead atoms. The molecular weight excluding hydrogens is 432 g/mol. The van der Waals surface area contributed by atoms with E-state index < -0.39 is 15.9 Å². The summed E-state index contributed by atoms with van der Waals surface area (Å²) in [6.07, 6.45) is 1.19. The van der Waals surface area contributed by atoms with Crippen LogP contribution >= 0.6 is 23.8 Å². The second-order valence-corrected chi connectivity index (χ2v) is 9.37. The van der Waals surface area contributed by atoms with Gasteiger partial charge in [-0.15, -0.1) is 0 Å². The van der Waals surface area contributed by atoms with E-state index in [1.54, 1.807) is 0 Å². The number of carbonyl (C=O) groups excluding carboxylic acids is 1. The number of carbonyl (C=O) groups is 1. The van der Waals surface area contributed by atoms with E-state index in [1.807, 2.05) is 30.3 Å². The first kappa shape index (κ1) is 21.5. The fourth-order valence-electron chi connectivity index (χ4n) is 3.03. The number of para-hydroxylation sites is 1. The lowest BCUT2D eigenvalue weighted by Crippen LogP contribution is -2.50. The lowest BCUT2D eigenvalue weighted by atomic mass is 9.99. The molecule has 10 heteroatoms. The zero-order valence-electron chi connectivity index (χ0n) is 15.5. The number of hydrogen-bond donors (Lipinski definition) is 3. The molecule has 0 aromatic heterocycles. The lowest BCUT2D eigenvalue weighted by Gasteiger charge is -2.31. The number of halogens is 1. The van der Waals surface area contributed by atoms with Crippen molar-refractivity contribution in [1.82, 2.24) is 15.2 Å². The normalized spacial score (nSPS) is 17.3. The molecule has 1 amide bonds. The number of benzene rings is 2. The molecule has 0 saturated carbocycles. The monoisotopic (exact) mass is 452 g/mol. The maximum Gasteiger partial charge on any atom is 0.243 e. The fraction of sp³-hybridized carbons (Fsp3) is 0.263. The number of hydrogen-bond acceptors (Lipinski definition) is 4. The van der Waals surface area contributed by atoms with Gasteiger partial charge in [0.2, 0.25) is 15.9 Å². The Morgan fingerprint density at radius 1 is 1.07 bits per heavy atom. The smallest absolute Gasteiger partial charge is 0.243 e. The zero-order chi connectivity index (χ0) is 20.9. The van der Waals surface area contributed by atoms with Gasteiger partial charge in [-0.2, -0.15) is 4.31 Å². The summed E-state index contributed by atoms with van der Waals surface area (Å²) in [6, 6.07) is 15.3. The van der Waals surface area contributed by atoms with Crippen molar-refractivity contribution in [3.8, 4) is 0 Å². The van der Waals surface area contributed by atoms with Crippen molar-refractivity contribution in [2.24, 2.45) is 5.92 Å². The predicted octanol–water partition coefficient (Wildman–Crippen LogP) is 2.76. The molecule has 0 unspecified atom stereocenters. The number of thiocarbonyl (C=S) groups is 1. The summed E-state index contributed by atoms with van der Waals surface area (Å²) in [5.41, 5.74) is 6.01. The van der Waals surface area contributed by atoms with Crippen molar-refractivity contribution in [3.05, 3.63) is 59.6 Å². The Morgan fingerprint density at radius 3 is 2.45 bits per heavy atom. The summed E-state index contributed by atoms with van der Waals surface area (Å²) < 4.78 is 27.0. The van der Waals surface area contributed by atoms with E-state index in [4.69, 9.17) is 23.8 Å². The number of anilines is 1. The summed E-state index contributed by atoms with van der Waals surface area (Å²) in [5.74, 6) is -0.781. The highest BCUT2D eigenvalue weighted by atomic mass is 35.5. The average Bonchev–Trinajstić information content (AvgIpc) is 2.73. The zero-order valence-corrected chi connectivity index (χ0v) is 17.9. The summed E-state index contributed by atoms with van der Waals surface area (Å²) in [6.45, 7) is 0.480. The lowest BCUT2D eigenvalue weighted by molar-refractivity contribution is -0.126. The third-order valence-electron chi connectivity index (χ3n) is 4.54. The standard InChI is InChI=1S/C19H21ClN4O3S2/c20-15-8-10-17(11-9-15)29(26,27)24-12-4-5-14(13-24)18(25)22-23-19(28)21-16-6-2-1-3-7-16/h1-3,6-11,14H,4-5,12-13H2,(H,22,25)(H2,21,23,28)/t14-/m0/s1. The van der Waals surface area contributed by atoms with Crippen molar-refractivity contribution in [2.75, 3.05) is 18.4 Å². The molecule has 3 N–H and O–H groups in total. The van der Waals surface area contributed by atoms with E-state index in [9.17, 15) is 13.2 Å². The maximum absolute atomic E-state index is 12.8. The van der Waals surface area contributed by atoms with Crippen molar-refractivity contribution < 1.29 is 13.2 Å². The Kier molecular flexibility index (Phi) is 7.07. The molecular formula is C19H21ClN4O3S2. The first-order valence-corrected chi connectivity index (χ1v) is 11.3. The molecule has 1 aliphatic heterocycles. The van der Waals surface area contributed by atoms with E-state index in [1.165, 1.54) is 28.6 Å². The predicted molar refractivity (Wildman–Crippen MR) is 117 cm³/mol. The van der Waals surface area contributed by atoms with E-state index in [-0.39, 0.29) is 22.5 Å². The van der Waals surface area contributed by atoms with E-state index in [0.29, 0.717) is 24.4 Å². The second kappa shape index (κ2) is 9.53.